The Morgan fingerprint density at radius 3 is 2.20 bits per heavy atom. The first-order valence-corrected chi connectivity index (χ1v) is 14.0. The molecule has 3 aliphatic heterocycles. The van der Waals surface area contributed by atoms with E-state index in [1.165, 1.54) is 54.6 Å². The summed E-state index contributed by atoms with van der Waals surface area (Å²) in [5.41, 5.74) is -0.756. The van der Waals surface area contributed by atoms with Gasteiger partial charge in [0.25, 0.3) is 5.79 Å². The zero-order valence-electron chi connectivity index (χ0n) is 23.2. The molecule has 5 atom stereocenters. The molecule has 1 spiro atoms. The van der Waals surface area contributed by atoms with Gasteiger partial charge in [0.2, 0.25) is 0 Å². The SMILES string of the molecule is C[C@@]12C[C@@H](c3ccc(O)cc3O1)[C@@]13O[C@]1(c1ccc(O)cc1O)Oc1cc(/C=C/c4ccc(O)cc4O)cc(O)c1[C@@H]3C2=O. The Balaban J connectivity index is 1.34. The van der Waals surface area contributed by atoms with E-state index in [1.54, 1.807) is 31.2 Å². The monoisotopic (exact) mass is 594 g/mol. The number of fused-ring (bicyclic) bond motifs is 6. The topological polar surface area (TPSA) is 169 Å². The lowest BCUT2D eigenvalue weighted by Gasteiger charge is -2.51. The van der Waals surface area contributed by atoms with E-state index in [2.05, 4.69) is 0 Å². The number of benzene rings is 4. The van der Waals surface area contributed by atoms with E-state index in [4.69, 9.17) is 14.2 Å². The molecule has 10 heteroatoms. The van der Waals surface area contributed by atoms with Crippen LogP contribution in [0.4, 0.5) is 0 Å². The second-order valence-electron chi connectivity index (χ2n) is 12.0. The van der Waals surface area contributed by atoms with Crippen LogP contribution in [0.1, 0.15) is 53.0 Å². The van der Waals surface area contributed by atoms with Gasteiger partial charge >= 0.3 is 0 Å². The molecule has 44 heavy (non-hydrogen) atoms. The summed E-state index contributed by atoms with van der Waals surface area (Å²) in [6, 6.07) is 16.0. The van der Waals surface area contributed by atoms with Crippen LogP contribution in [0, 0.1) is 0 Å². The highest BCUT2D eigenvalue weighted by Gasteiger charge is 2.87. The number of Topliss-reactive ketones (excluding diaryl/α,β-unsaturated/α-hetero) is 1. The van der Waals surface area contributed by atoms with Gasteiger partial charge in [-0.15, -0.1) is 0 Å². The Kier molecular flexibility index (Phi) is 5.01. The molecule has 1 saturated heterocycles. The predicted molar refractivity (Wildman–Crippen MR) is 155 cm³/mol. The van der Waals surface area contributed by atoms with Crippen LogP contribution in [0.15, 0.2) is 66.7 Å². The Morgan fingerprint density at radius 2 is 1.45 bits per heavy atom. The molecule has 1 saturated carbocycles. The highest BCUT2D eigenvalue weighted by molar-refractivity contribution is 5.99. The molecule has 4 aromatic carbocycles. The van der Waals surface area contributed by atoms with Gasteiger partial charge in [-0.3, -0.25) is 4.79 Å². The van der Waals surface area contributed by atoms with Crippen molar-refractivity contribution in [3.63, 3.8) is 0 Å². The largest absolute Gasteiger partial charge is 0.508 e. The maximum atomic E-state index is 14.5. The van der Waals surface area contributed by atoms with Crippen LogP contribution in [-0.4, -0.2) is 47.6 Å². The lowest BCUT2D eigenvalue weighted by atomic mass is 9.56. The fraction of sp³-hybridized carbons (Fsp3) is 0.206. The summed E-state index contributed by atoms with van der Waals surface area (Å²) in [6.07, 6.45) is 3.44. The first-order chi connectivity index (χ1) is 21.0. The molecule has 222 valence electrons. The lowest BCUT2D eigenvalue weighted by molar-refractivity contribution is -0.145. The van der Waals surface area contributed by atoms with Crippen LogP contribution < -0.4 is 9.47 Å². The third kappa shape index (κ3) is 3.31. The van der Waals surface area contributed by atoms with E-state index in [0.717, 1.165) is 0 Å². The number of hydrogen-bond donors (Lipinski definition) is 6. The van der Waals surface area contributed by atoms with E-state index in [1.807, 2.05) is 0 Å². The number of carbonyl (C=O) groups excluding carboxylic acids is 1. The maximum absolute atomic E-state index is 14.5. The average Bonchev–Trinajstić information content (AvgIpc) is 3.63. The van der Waals surface area contributed by atoms with E-state index >= 15 is 0 Å². The molecule has 6 N–H and O–H groups in total. The number of hydrogen-bond acceptors (Lipinski definition) is 10. The molecule has 4 aromatic rings. The summed E-state index contributed by atoms with van der Waals surface area (Å²) in [5, 5.41) is 62.6. The fourth-order valence-electron chi connectivity index (χ4n) is 7.36. The summed E-state index contributed by atoms with van der Waals surface area (Å²) in [6.45, 7) is 1.68. The van der Waals surface area contributed by atoms with Crippen molar-refractivity contribution in [3.8, 4) is 46.0 Å². The zero-order valence-corrected chi connectivity index (χ0v) is 23.2. The van der Waals surface area contributed by atoms with Crippen LogP contribution in [0.2, 0.25) is 0 Å². The Bertz CT molecular complexity index is 1970. The third-order valence-electron chi connectivity index (χ3n) is 9.31. The standard InChI is InChI=1S/C34H26O10/c1-32-15-23(21-8-6-20(37)14-27(21)42-32)33-30(31(32)41)29-26(40)10-16(2-3-17-4-5-18(35)12-24(17)38)11-28(29)43-34(33,44-33)22-9-7-19(36)13-25(22)39/h2-14,23,30,35-40H,15H2,1H3/b3-2+/t23-,30+,32-,33-,34-/m0/s1. The summed E-state index contributed by atoms with van der Waals surface area (Å²) >= 11 is 0. The molecular weight excluding hydrogens is 568 g/mol. The smallest absolute Gasteiger partial charge is 0.272 e. The normalized spacial score (nSPS) is 29.1. The molecule has 0 amide bonds. The van der Waals surface area contributed by atoms with Crippen molar-refractivity contribution in [2.24, 2.45) is 0 Å². The van der Waals surface area contributed by atoms with Crippen molar-refractivity contribution >= 4 is 17.9 Å². The van der Waals surface area contributed by atoms with Crippen molar-refractivity contribution in [2.45, 2.75) is 42.2 Å². The van der Waals surface area contributed by atoms with Gasteiger partial charge in [-0.05, 0) is 55.0 Å². The van der Waals surface area contributed by atoms with Gasteiger partial charge in [0.05, 0.1) is 11.5 Å². The van der Waals surface area contributed by atoms with Crippen LogP contribution >= 0.6 is 0 Å². The molecule has 10 nitrogen and oxygen atoms in total. The number of phenols is 6. The number of carbonyl (C=O) groups is 1. The number of epoxide rings is 1. The van der Waals surface area contributed by atoms with E-state index in [9.17, 15) is 35.4 Å². The average molecular weight is 595 g/mol. The number of rotatable bonds is 3. The van der Waals surface area contributed by atoms with Crippen LogP contribution in [0.5, 0.6) is 46.0 Å². The first kappa shape index (κ1) is 26.3. The molecule has 0 aromatic heterocycles. The van der Waals surface area contributed by atoms with Gasteiger partial charge in [-0.25, -0.2) is 0 Å². The first-order valence-electron chi connectivity index (χ1n) is 14.0. The predicted octanol–water partition coefficient (Wildman–Crippen LogP) is 5.10. The highest BCUT2D eigenvalue weighted by atomic mass is 16.8. The summed E-state index contributed by atoms with van der Waals surface area (Å²) in [7, 11) is 0. The van der Waals surface area contributed by atoms with Gasteiger partial charge in [0.15, 0.2) is 17.0 Å². The van der Waals surface area contributed by atoms with Crippen molar-refractivity contribution in [1.82, 2.24) is 0 Å². The number of ether oxygens (including phenoxy) is 3. The summed E-state index contributed by atoms with van der Waals surface area (Å²) in [5.74, 6) is -4.11. The van der Waals surface area contributed by atoms with Gasteiger partial charge in [0, 0.05) is 47.2 Å². The molecule has 1 aliphatic carbocycles. The van der Waals surface area contributed by atoms with Gasteiger partial charge in [0.1, 0.15) is 46.0 Å². The van der Waals surface area contributed by atoms with Gasteiger partial charge < -0.3 is 44.8 Å². The Hall–Kier alpha value is -5.35. The van der Waals surface area contributed by atoms with Crippen molar-refractivity contribution in [1.29, 1.82) is 0 Å². The summed E-state index contributed by atoms with van der Waals surface area (Å²) < 4.78 is 19.4. The van der Waals surface area contributed by atoms with Crippen LogP contribution in [0.3, 0.4) is 0 Å². The molecule has 2 bridgehead atoms. The minimum absolute atomic E-state index is 0.0305. The number of aromatic hydroxyl groups is 6. The fourth-order valence-corrected chi connectivity index (χ4v) is 7.36. The molecule has 2 fully saturated rings. The van der Waals surface area contributed by atoms with Crippen LogP contribution in [0.25, 0.3) is 12.2 Å². The van der Waals surface area contributed by atoms with Gasteiger partial charge in [-0.2, -0.15) is 0 Å². The number of phenolic OH excluding ortho intramolecular Hbond substituents is 6. The second-order valence-corrected chi connectivity index (χ2v) is 12.0. The molecule has 3 heterocycles. The number of ketones is 1. The molecule has 8 rings (SSSR count). The lowest BCUT2D eigenvalue weighted by Crippen LogP contribution is -2.61. The van der Waals surface area contributed by atoms with Gasteiger partial charge in [-0.1, -0.05) is 18.2 Å². The van der Waals surface area contributed by atoms with E-state index in [-0.39, 0.29) is 63.6 Å². The minimum atomic E-state index is -1.68. The molecule has 0 radical (unpaired) electrons. The Labute approximate surface area is 250 Å². The molecule has 4 aliphatic rings. The Morgan fingerprint density at radius 1 is 0.750 bits per heavy atom. The van der Waals surface area contributed by atoms with E-state index < -0.39 is 28.8 Å². The molecular formula is C34H26O10. The zero-order chi connectivity index (χ0) is 30.8. The van der Waals surface area contributed by atoms with Crippen molar-refractivity contribution in [3.05, 3.63) is 94.5 Å². The van der Waals surface area contributed by atoms with Crippen molar-refractivity contribution in [2.75, 3.05) is 0 Å². The summed E-state index contributed by atoms with van der Waals surface area (Å²) in [4.78, 5) is 14.5. The highest BCUT2D eigenvalue weighted by Crippen LogP contribution is 2.77. The van der Waals surface area contributed by atoms with E-state index in [0.29, 0.717) is 22.4 Å². The molecule has 0 unspecified atom stereocenters. The van der Waals surface area contributed by atoms with Crippen molar-refractivity contribution < 1.29 is 49.6 Å². The maximum Gasteiger partial charge on any atom is 0.272 e. The minimum Gasteiger partial charge on any atom is -0.508 e. The second kappa shape index (κ2) is 8.39. The third-order valence-corrected chi connectivity index (χ3v) is 9.31. The quantitative estimate of drug-likeness (QED) is 0.139. The van der Waals surface area contributed by atoms with Crippen LogP contribution in [-0.2, 0) is 15.3 Å².